The van der Waals surface area contributed by atoms with Crippen molar-refractivity contribution in [3.8, 4) is 0 Å². The Morgan fingerprint density at radius 3 is 2.63 bits per heavy atom. The van der Waals surface area contributed by atoms with Crippen molar-refractivity contribution in [3.63, 3.8) is 0 Å². The lowest BCUT2D eigenvalue weighted by molar-refractivity contribution is 0.0297. The number of halogens is 1. The second-order valence-corrected chi connectivity index (χ2v) is 9.74. The molecule has 7 heteroatoms. The van der Waals surface area contributed by atoms with Gasteiger partial charge in [0.15, 0.2) is 5.78 Å². The average molecular weight is 487 g/mol. The number of epoxide rings is 1. The third-order valence-corrected chi connectivity index (χ3v) is 7.59. The molecular weight excluding hydrogens is 460 g/mol. The number of likely N-dealkylation sites (tertiary alicyclic amines) is 1. The van der Waals surface area contributed by atoms with Gasteiger partial charge >= 0.3 is 0 Å². The Morgan fingerprint density at radius 1 is 1.11 bits per heavy atom. The fourth-order valence-electron chi connectivity index (χ4n) is 5.49. The maximum absolute atomic E-state index is 14.5. The van der Waals surface area contributed by atoms with Gasteiger partial charge in [0.25, 0.3) is 0 Å². The van der Waals surface area contributed by atoms with Crippen LogP contribution in [0.25, 0.3) is 10.9 Å². The topological polar surface area (TPSA) is 73.6 Å². The number of fused-ring (bicyclic) bond motifs is 1. The minimum absolute atomic E-state index is 0.0671. The summed E-state index contributed by atoms with van der Waals surface area (Å²) in [5, 5.41) is 5.17. The van der Waals surface area contributed by atoms with E-state index in [0.717, 1.165) is 48.1 Å². The maximum Gasteiger partial charge on any atom is 0.190 e. The van der Waals surface area contributed by atoms with E-state index in [1.54, 1.807) is 12.4 Å². The first kappa shape index (κ1) is 22.3. The molecule has 2 N–H and O–H groups in total. The number of H-pyrrole nitrogens is 1. The second kappa shape index (κ2) is 9.11. The fourth-order valence-corrected chi connectivity index (χ4v) is 5.71. The van der Waals surface area contributed by atoms with E-state index in [4.69, 9.17) is 16.3 Å². The fraction of sp³-hybridized carbons (Fsp3) is 0.286. The summed E-state index contributed by atoms with van der Waals surface area (Å²) in [5.74, 6) is 0.0671. The Bertz CT molecular complexity index is 1330. The van der Waals surface area contributed by atoms with Gasteiger partial charge in [-0.15, -0.1) is 0 Å². The maximum atomic E-state index is 14.5. The van der Waals surface area contributed by atoms with E-state index in [1.807, 2.05) is 54.7 Å². The SMILES string of the molecule is O=C(c1ccc2c(Cl)c[nH]c2c1)C(c1ccccc1)(C1CO1)N1CCC(Nc2cccnc2)CC1. The number of aromatic nitrogens is 2. The van der Waals surface area contributed by atoms with Crippen molar-refractivity contribution >= 4 is 34.0 Å². The largest absolute Gasteiger partial charge is 0.381 e. The van der Waals surface area contributed by atoms with Crippen molar-refractivity contribution in [2.24, 2.45) is 0 Å². The normalized spacial score (nSPS) is 20.4. The van der Waals surface area contributed by atoms with Crippen LogP contribution in [-0.2, 0) is 10.3 Å². The molecule has 0 amide bonds. The molecule has 178 valence electrons. The van der Waals surface area contributed by atoms with Crippen LogP contribution in [0.15, 0.2) is 79.3 Å². The number of carbonyl (C=O) groups excluding carboxylic acids is 1. The van der Waals surface area contributed by atoms with Gasteiger partial charge in [-0.2, -0.15) is 0 Å². The molecule has 6 rings (SSSR count). The van der Waals surface area contributed by atoms with Crippen LogP contribution in [0.2, 0.25) is 5.02 Å². The van der Waals surface area contributed by atoms with Crippen LogP contribution in [0.5, 0.6) is 0 Å². The van der Waals surface area contributed by atoms with E-state index >= 15 is 0 Å². The number of anilines is 1. The Labute approximate surface area is 209 Å². The number of nitrogens with one attached hydrogen (secondary N) is 2. The number of benzene rings is 2. The molecule has 2 unspecified atom stereocenters. The van der Waals surface area contributed by atoms with Gasteiger partial charge in [-0.05, 0) is 36.6 Å². The van der Waals surface area contributed by atoms with Crippen molar-refractivity contribution in [1.29, 1.82) is 0 Å². The first-order valence-corrected chi connectivity index (χ1v) is 12.4. The summed E-state index contributed by atoms with van der Waals surface area (Å²) in [6.07, 6.45) is 7.06. The Morgan fingerprint density at radius 2 is 1.91 bits per heavy atom. The van der Waals surface area contributed by atoms with Crippen LogP contribution in [0.1, 0.15) is 28.8 Å². The zero-order valence-corrected chi connectivity index (χ0v) is 20.0. The van der Waals surface area contributed by atoms with Crippen molar-refractivity contribution in [3.05, 3.63) is 95.4 Å². The third kappa shape index (κ3) is 4.01. The number of rotatable bonds is 7. The number of pyridine rings is 1. The van der Waals surface area contributed by atoms with Gasteiger partial charge in [-0.25, -0.2) is 0 Å². The van der Waals surface area contributed by atoms with Crippen LogP contribution in [0.3, 0.4) is 0 Å². The number of piperidine rings is 1. The molecule has 0 saturated carbocycles. The van der Waals surface area contributed by atoms with E-state index < -0.39 is 5.54 Å². The standard InChI is InChI=1S/C28H27ClN4O2/c29-24-17-31-25-15-19(8-9-23(24)25)27(34)28(26-18-35-26,20-5-2-1-3-6-20)33-13-10-21(11-14-33)32-22-7-4-12-30-16-22/h1-9,12,15-17,21,26,31-32H,10-11,13-14,18H2. The van der Waals surface area contributed by atoms with E-state index in [-0.39, 0.29) is 11.9 Å². The monoisotopic (exact) mass is 486 g/mol. The van der Waals surface area contributed by atoms with E-state index in [1.165, 1.54) is 0 Å². The lowest BCUT2D eigenvalue weighted by atomic mass is 9.77. The first-order chi connectivity index (χ1) is 17.2. The summed E-state index contributed by atoms with van der Waals surface area (Å²) in [6.45, 7) is 2.15. The number of aromatic amines is 1. The highest BCUT2D eigenvalue weighted by atomic mass is 35.5. The number of nitrogens with zero attached hydrogens (tertiary/aromatic N) is 2. The molecule has 0 spiro atoms. The number of hydrogen-bond acceptors (Lipinski definition) is 5. The molecule has 2 aromatic carbocycles. The smallest absolute Gasteiger partial charge is 0.190 e. The predicted octanol–water partition coefficient (Wildman–Crippen LogP) is 5.27. The van der Waals surface area contributed by atoms with Crippen molar-refractivity contribution < 1.29 is 9.53 Å². The van der Waals surface area contributed by atoms with E-state index in [0.29, 0.717) is 23.2 Å². The molecule has 4 aromatic rings. The number of Topliss-reactive ketones (excluding diaryl/α,β-unsaturated/α-hetero) is 1. The molecule has 6 nitrogen and oxygen atoms in total. The summed E-state index contributed by atoms with van der Waals surface area (Å²) in [7, 11) is 0. The Hall–Kier alpha value is -3.19. The molecule has 35 heavy (non-hydrogen) atoms. The lowest BCUT2D eigenvalue weighted by Crippen LogP contribution is -2.59. The average Bonchev–Trinajstić information content (AvgIpc) is 3.69. The molecule has 0 radical (unpaired) electrons. The van der Waals surface area contributed by atoms with Gasteiger partial charge < -0.3 is 15.0 Å². The molecule has 2 saturated heterocycles. The zero-order chi connectivity index (χ0) is 23.8. The van der Waals surface area contributed by atoms with Gasteiger partial charge in [0.05, 0.1) is 17.3 Å². The van der Waals surface area contributed by atoms with Crippen molar-refractivity contribution in [1.82, 2.24) is 14.9 Å². The van der Waals surface area contributed by atoms with Gasteiger partial charge in [0, 0.05) is 54.2 Å². The molecule has 2 aliphatic heterocycles. The quantitative estimate of drug-likeness (QED) is 0.275. The predicted molar refractivity (Wildman–Crippen MR) is 138 cm³/mol. The van der Waals surface area contributed by atoms with Crippen LogP contribution in [0.4, 0.5) is 5.69 Å². The highest BCUT2D eigenvalue weighted by Gasteiger charge is 2.58. The summed E-state index contributed by atoms with van der Waals surface area (Å²) in [5.41, 5.74) is 2.66. The summed E-state index contributed by atoms with van der Waals surface area (Å²) < 4.78 is 5.92. The highest BCUT2D eigenvalue weighted by Crippen LogP contribution is 2.44. The van der Waals surface area contributed by atoms with Gasteiger partial charge in [-0.1, -0.05) is 54.1 Å². The molecule has 2 aliphatic rings. The van der Waals surface area contributed by atoms with Gasteiger partial charge in [0.2, 0.25) is 0 Å². The molecule has 2 aromatic heterocycles. The van der Waals surface area contributed by atoms with E-state index in [9.17, 15) is 4.79 Å². The van der Waals surface area contributed by atoms with Crippen LogP contribution in [0, 0.1) is 0 Å². The van der Waals surface area contributed by atoms with Gasteiger partial charge in [-0.3, -0.25) is 14.7 Å². The molecular formula is C28H27ClN4O2. The number of hydrogen-bond donors (Lipinski definition) is 2. The van der Waals surface area contributed by atoms with Crippen LogP contribution >= 0.6 is 11.6 Å². The highest BCUT2D eigenvalue weighted by molar-refractivity contribution is 6.35. The van der Waals surface area contributed by atoms with Crippen molar-refractivity contribution in [2.75, 3.05) is 25.0 Å². The lowest BCUT2D eigenvalue weighted by Gasteiger charge is -2.46. The zero-order valence-electron chi connectivity index (χ0n) is 19.3. The van der Waals surface area contributed by atoms with Gasteiger partial charge in [0.1, 0.15) is 11.6 Å². The Kier molecular flexibility index (Phi) is 5.80. The summed E-state index contributed by atoms with van der Waals surface area (Å²) >= 11 is 6.29. The third-order valence-electron chi connectivity index (χ3n) is 7.28. The first-order valence-electron chi connectivity index (χ1n) is 12.1. The minimum atomic E-state index is -0.870. The number of ketones is 1. The summed E-state index contributed by atoms with van der Waals surface area (Å²) in [4.78, 5) is 24.2. The summed E-state index contributed by atoms with van der Waals surface area (Å²) in [6, 6.07) is 20.2. The molecule has 2 fully saturated rings. The molecule has 0 aliphatic carbocycles. The second-order valence-electron chi connectivity index (χ2n) is 9.33. The number of ether oxygens (including phenoxy) is 1. The number of carbonyl (C=O) groups is 1. The van der Waals surface area contributed by atoms with Crippen LogP contribution < -0.4 is 5.32 Å². The molecule has 2 atom stereocenters. The molecule has 4 heterocycles. The molecule has 0 bridgehead atoms. The van der Waals surface area contributed by atoms with Crippen LogP contribution in [-0.4, -0.2) is 52.5 Å². The van der Waals surface area contributed by atoms with Crippen molar-refractivity contribution in [2.45, 2.75) is 30.5 Å². The Balaban J connectivity index is 1.35. The minimum Gasteiger partial charge on any atom is -0.381 e. The van der Waals surface area contributed by atoms with E-state index in [2.05, 4.69) is 32.3 Å².